The first-order valence-electron chi connectivity index (χ1n) is 8.11. The molecule has 2 aromatic carbocycles. The highest BCUT2D eigenvalue weighted by Crippen LogP contribution is 2.22. The third-order valence-electron chi connectivity index (χ3n) is 3.67. The number of ether oxygens (including phenoxy) is 1. The number of esters is 1. The van der Waals surface area contributed by atoms with Crippen LogP contribution in [0.5, 0.6) is 5.75 Å². The quantitative estimate of drug-likeness (QED) is 0.663. The van der Waals surface area contributed by atoms with Crippen molar-refractivity contribution in [2.24, 2.45) is 0 Å². The Balaban J connectivity index is 1.79. The monoisotopic (exact) mass is 343 g/mol. The normalized spacial score (nSPS) is 11.0. The Hall–Kier alpha value is -2.69. The molecular formula is C20H22FNO3. The third kappa shape index (κ3) is 5.71. The molecular weight excluding hydrogens is 321 g/mol. The average Bonchev–Trinajstić information content (AvgIpc) is 2.56. The molecule has 1 N–H and O–H groups in total. The van der Waals surface area contributed by atoms with Gasteiger partial charge < -0.3 is 10.1 Å². The van der Waals surface area contributed by atoms with E-state index in [1.807, 2.05) is 12.1 Å². The van der Waals surface area contributed by atoms with Crippen LogP contribution in [-0.4, -0.2) is 18.4 Å². The van der Waals surface area contributed by atoms with Crippen LogP contribution >= 0.6 is 0 Å². The van der Waals surface area contributed by atoms with E-state index in [-0.39, 0.29) is 30.0 Å². The van der Waals surface area contributed by atoms with Crippen LogP contribution in [0, 0.1) is 5.82 Å². The van der Waals surface area contributed by atoms with E-state index in [1.54, 1.807) is 12.1 Å². The van der Waals surface area contributed by atoms with E-state index in [0.717, 1.165) is 5.56 Å². The lowest BCUT2D eigenvalue weighted by molar-refractivity contribution is -0.134. The first kappa shape index (κ1) is 18.6. The van der Waals surface area contributed by atoms with Gasteiger partial charge in [0.1, 0.15) is 11.6 Å². The Labute approximate surface area is 147 Å². The zero-order valence-electron chi connectivity index (χ0n) is 14.6. The molecule has 1 amide bonds. The predicted octanol–water partition coefficient (Wildman–Crippen LogP) is 3.85. The van der Waals surface area contributed by atoms with Crippen LogP contribution in [0.15, 0.2) is 48.5 Å². The van der Waals surface area contributed by atoms with Gasteiger partial charge in [-0.3, -0.25) is 9.59 Å². The molecule has 0 fully saturated rings. The molecule has 0 atom stereocenters. The summed E-state index contributed by atoms with van der Waals surface area (Å²) in [7, 11) is 0. The average molecular weight is 343 g/mol. The smallest absolute Gasteiger partial charge is 0.312 e. The topological polar surface area (TPSA) is 55.4 Å². The fraction of sp³-hybridized carbons (Fsp3) is 0.300. The highest BCUT2D eigenvalue weighted by atomic mass is 19.1. The second-order valence-corrected chi connectivity index (χ2v) is 6.76. The molecule has 25 heavy (non-hydrogen) atoms. The van der Waals surface area contributed by atoms with Crippen LogP contribution < -0.4 is 10.1 Å². The summed E-state index contributed by atoms with van der Waals surface area (Å²) in [4.78, 5) is 23.8. The lowest BCUT2D eigenvalue weighted by Gasteiger charge is -2.19. The van der Waals surface area contributed by atoms with Crippen LogP contribution in [-0.2, 0) is 10.2 Å². The van der Waals surface area contributed by atoms with Gasteiger partial charge in [0.15, 0.2) is 0 Å². The number of halogens is 1. The zero-order chi connectivity index (χ0) is 18.4. The van der Waals surface area contributed by atoms with Crippen molar-refractivity contribution in [2.75, 3.05) is 6.54 Å². The minimum Gasteiger partial charge on any atom is -0.426 e. The van der Waals surface area contributed by atoms with Crippen LogP contribution in [0.3, 0.4) is 0 Å². The number of rotatable bonds is 5. The highest BCUT2D eigenvalue weighted by Gasteiger charge is 2.14. The maximum Gasteiger partial charge on any atom is 0.312 e. The van der Waals surface area contributed by atoms with Crippen molar-refractivity contribution in [3.63, 3.8) is 0 Å². The maximum atomic E-state index is 12.8. The van der Waals surface area contributed by atoms with Crippen molar-refractivity contribution in [2.45, 2.75) is 32.6 Å². The minimum atomic E-state index is -0.491. The first-order valence-corrected chi connectivity index (χ1v) is 8.11. The van der Waals surface area contributed by atoms with Gasteiger partial charge in [-0.05, 0) is 47.4 Å². The van der Waals surface area contributed by atoms with Gasteiger partial charge in [-0.15, -0.1) is 0 Å². The first-order chi connectivity index (χ1) is 11.8. The molecule has 0 spiro atoms. The van der Waals surface area contributed by atoms with Crippen LogP contribution in [0.1, 0.15) is 43.1 Å². The molecule has 0 radical (unpaired) electrons. The largest absolute Gasteiger partial charge is 0.426 e. The fourth-order valence-corrected chi connectivity index (χ4v) is 2.19. The van der Waals surface area contributed by atoms with Crippen molar-refractivity contribution in [1.29, 1.82) is 0 Å². The van der Waals surface area contributed by atoms with E-state index < -0.39 is 11.8 Å². The second kappa shape index (κ2) is 7.92. The Morgan fingerprint density at radius 2 is 1.60 bits per heavy atom. The van der Waals surface area contributed by atoms with Crippen LogP contribution in [0.4, 0.5) is 4.39 Å². The summed E-state index contributed by atoms with van der Waals surface area (Å²) in [5.74, 6) is -0.856. The summed E-state index contributed by atoms with van der Waals surface area (Å²) in [5, 5.41) is 2.68. The number of amides is 1. The van der Waals surface area contributed by atoms with E-state index in [1.165, 1.54) is 24.3 Å². The third-order valence-corrected chi connectivity index (χ3v) is 3.67. The minimum absolute atomic E-state index is 0.0269. The van der Waals surface area contributed by atoms with Gasteiger partial charge in [0.05, 0.1) is 6.42 Å². The SMILES string of the molecule is CC(C)(C)c1ccc(C(=O)NCCC(=O)Oc2ccc(F)cc2)cc1. The summed E-state index contributed by atoms with van der Waals surface area (Å²) >= 11 is 0. The number of nitrogens with one attached hydrogen (secondary N) is 1. The highest BCUT2D eigenvalue weighted by molar-refractivity contribution is 5.94. The molecule has 0 aliphatic heterocycles. The lowest BCUT2D eigenvalue weighted by atomic mass is 9.87. The molecule has 0 aromatic heterocycles. The summed E-state index contributed by atoms with van der Waals surface area (Å²) in [6, 6.07) is 12.6. The van der Waals surface area contributed by atoms with Crippen molar-refractivity contribution >= 4 is 11.9 Å². The maximum absolute atomic E-state index is 12.8. The van der Waals surface area contributed by atoms with Gasteiger partial charge in [-0.1, -0.05) is 32.9 Å². The van der Waals surface area contributed by atoms with E-state index in [0.29, 0.717) is 5.56 Å². The van der Waals surface area contributed by atoms with Gasteiger partial charge in [-0.25, -0.2) is 4.39 Å². The number of hydrogen-bond acceptors (Lipinski definition) is 3. The second-order valence-electron chi connectivity index (χ2n) is 6.76. The summed E-state index contributed by atoms with van der Waals surface area (Å²) < 4.78 is 17.8. The number of carbonyl (C=O) groups excluding carboxylic acids is 2. The van der Waals surface area contributed by atoms with E-state index in [9.17, 15) is 14.0 Å². The predicted molar refractivity (Wildman–Crippen MR) is 94.1 cm³/mol. The Morgan fingerprint density at radius 1 is 1.00 bits per heavy atom. The fourth-order valence-electron chi connectivity index (χ4n) is 2.19. The summed E-state index contributed by atoms with van der Waals surface area (Å²) in [5.41, 5.74) is 1.71. The molecule has 4 nitrogen and oxygen atoms in total. The molecule has 0 unspecified atom stereocenters. The summed E-state index contributed by atoms with van der Waals surface area (Å²) in [6.07, 6.45) is 0.0309. The standard InChI is InChI=1S/C20H22FNO3/c1-20(2,3)15-6-4-14(5-7-15)19(24)22-13-12-18(23)25-17-10-8-16(21)9-11-17/h4-11H,12-13H2,1-3H3,(H,22,24). The van der Waals surface area contributed by atoms with E-state index >= 15 is 0 Å². The summed E-state index contributed by atoms with van der Waals surface area (Å²) in [6.45, 7) is 6.48. The van der Waals surface area contributed by atoms with Crippen molar-refractivity contribution in [3.8, 4) is 5.75 Å². The van der Waals surface area contributed by atoms with Crippen LogP contribution in [0.2, 0.25) is 0 Å². The zero-order valence-corrected chi connectivity index (χ0v) is 14.6. The lowest BCUT2D eigenvalue weighted by Crippen LogP contribution is -2.27. The number of carbonyl (C=O) groups is 2. The van der Waals surface area contributed by atoms with Gasteiger partial charge in [0.2, 0.25) is 0 Å². The molecule has 2 aromatic rings. The molecule has 0 bridgehead atoms. The van der Waals surface area contributed by atoms with Crippen molar-refractivity contribution in [3.05, 3.63) is 65.5 Å². The van der Waals surface area contributed by atoms with Crippen LogP contribution in [0.25, 0.3) is 0 Å². The molecule has 132 valence electrons. The molecule has 0 saturated carbocycles. The Morgan fingerprint density at radius 3 is 2.16 bits per heavy atom. The molecule has 5 heteroatoms. The molecule has 0 saturated heterocycles. The van der Waals surface area contributed by atoms with Gasteiger partial charge in [0.25, 0.3) is 5.91 Å². The van der Waals surface area contributed by atoms with E-state index in [4.69, 9.17) is 4.74 Å². The van der Waals surface area contributed by atoms with E-state index in [2.05, 4.69) is 26.1 Å². The van der Waals surface area contributed by atoms with Gasteiger partial charge in [-0.2, -0.15) is 0 Å². The molecule has 0 aliphatic rings. The van der Waals surface area contributed by atoms with Gasteiger partial charge >= 0.3 is 5.97 Å². The van der Waals surface area contributed by atoms with Gasteiger partial charge in [0, 0.05) is 12.1 Å². The molecule has 0 aliphatic carbocycles. The molecule has 2 rings (SSSR count). The molecule has 0 heterocycles. The van der Waals surface area contributed by atoms with Crippen molar-refractivity contribution in [1.82, 2.24) is 5.32 Å². The Kier molecular flexibility index (Phi) is 5.91. The number of benzene rings is 2. The van der Waals surface area contributed by atoms with Crippen molar-refractivity contribution < 1.29 is 18.7 Å². The Bertz CT molecular complexity index is 731. The number of hydrogen-bond donors (Lipinski definition) is 1.